The minimum absolute atomic E-state index is 0.318. The Balaban J connectivity index is 2.35. The van der Waals surface area contributed by atoms with Crippen molar-refractivity contribution in [3.63, 3.8) is 0 Å². The van der Waals surface area contributed by atoms with Gasteiger partial charge < -0.3 is 14.9 Å². The lowest BCUT2D eigenvalue weighted by Gasteiger charge is -2.32. The number of rotatable bonds is 3. The smallest absolute Gasteiger partial charge is 0.187 e. The van der Waals surface area contributed by atoms with Gasteiger partial charge in [0.2, 0.25) is 0 Å². The van der Waals surface area contributed by atoms with E-state index in [0.29, 0.717) is 25.0 Å². The van der Waals surface area contributed by atoms with E-state index in [2.05, 4.69) is 6.58 Å². The number of fused-ring (bicyclic) bond motifs is 1. The largest absolute Gasteiger partial charge is 0.491 e. The summed E-state index contributed by atoms with van der Waals surface area (Å²) >= 11 is 0. The van der Waals surface area contributed by atoms with Crippen LogP contribution in [0.1, 0.15) is 33.1 Å². The summed E-state index contributed by atoms with van der Waals surface area (Å²) in [4.78, 5) is 11.5. The molecule has 0 saturated carbocycles. The van der Waals surface area contributed by atoms with Gasteiger partial charge in [0.05, 0.1) is 5.60 Å². The van der Waals surface area contributed by atoms with E-state index in [-0.39, 0.29) is 17.3 Å². The van der Waals surface area contributed by atoms with E-state index in [9.17, 15) is 15.0 Å². The van der Waals surface area contributed by atoms with Crippen molar-refractivity contribution in [3.05, 3.63) is 24.5 Å². The topological polar surface area (TPSA) is 66.8 Å². The highest BCUT2D eigenvalue weighted by atomic mass is 16.5. The molecule has 4 heteroatoms. The minimum Gasteiger partial charge on any atom is -0.491 e. The number of hydrogen-bond donors (Lipinski definition) is 2. The van der Waals surface area contributed by atoms with E-state index < -0.39 is 11.7 Å². The Labute approximate surface area is 107 Å². The molecule has 0 aromatic heterocycles. The van der Waals surface area contributed by atoms with E-state index >= 15 is 0 Å². The Morgan fingerprint density at radius 1 is 1.61 bits per heavy atom. The molecule has 18 heavy (non-hydrogen) atoms. The van der Waals surface area contributed by atoms with Crippen LogP contribution in [0.2, 0.25) is 0 Å². The molecule has 0 amide bonds. The molecule has 2 N–H and O–H groups in total. The summed E-state index contributed by atoms with van der Waals surface area (Å²) in [7, 11) is 0. The molecular weight excluding hydrogens is 232 g/mol. The summed E-state index contributed by atoms with van der Waals surface area (Å²) in [5, 5.41) is 19.8. The van der Waals surface area contributed by atoms with Crippen LogP contribution >= 0.6 is 0 Å². The third-order valence-corrected chi connectivity index (χ3v) is 3.88. The minimum atomic E-state index is -0.974. The Morgan fingerprint density at radius 2 is 2.28 bits per heavy atom. The van der Waals surface area contributed by atoms with Crippen molar-refractivity contribution in [2.75, 3.05) is 0 Å². The fraction of sp³-hybridized carbons (Fsp3) is 0.643. The molecule has 1 heterocycles. The van der Waals surface area contributed by atoms with Crippen LogP contribution in [0.25, 0.3) is 0 Å². The van der Waals surface area contributed by atoms with Gasteiger partial charge in [0, 0.05) is 17.9 Å². The fourth-order valence-electron chi connectivity index (χ4n) is 2.78. The van der Waals surface area contributed by atoms with Crippen LogP contribution < -0.4 is 0 Å². The number of ketones is 1. The zero-order chi connectivity index (χ0) is 13.6. The van der Waals surface area contributed by atoms with Crippen molar-refractivity contribution < 1.29 is 19.7 Å². The van der Waals surface area contributed by atoms with Gasteiger partial charge in [0.15, 0.2) is 5.78 Å². The number of allylic oxidation sites excluding steroid dienone is 2. The molecule has 3 atom stereocenters. The standard InChI is InChI=1S/C14H20O4/c1-4-5-14-7-10(16)9(15)6-11(14)18-12(8-14)13(2,3)17/h4,6,10,12,16-17H,1,5,7-8H2,2-3H3/t10-,12-,14-/m1/s1. The summed E-state index contributed by atoms with van der Waals surface area (Å²) in [6, 6.07) is 0. The average molecular weight is 252 g/mol. The molecule has 0 aromatic rings. The first-order valence-electron chi connectivity index (χ1n) is 6.22. The first-order chi connectivity index (χ1) is 8.28. The fourth-order valence-corrected chi connectivity index (χ4v) is 2.78. The van der Waals surface area contributed by atoms with Crippen LogP contribution in [0, 0.1) is 5.41 Å². The summed E-state index contributed by atoms with van der Waals surface area (Å²) in [5.74, 6) is 0.269. The van der Waals surface area contributed by atoms with Gasteiger partial charge in [-0.2, -0.15) is 0 Å². The number of aliphatic hydroxyl groups excluding tert-OH is 1. The molecular formula is C14H20O4. The van der Waals surface area contributed by atoms with Gasteiger partial charge in [-0.3, -0.25) is 4.79 Å². The maximum Gasteiger partial charge on any atom is 0.187 e. The van der Waals surface area contributed by atoms with Gasteiger partial charge in [-0.05, 0) is 26.7 Å². The molecule has 0 radical (unpaired) electrons. The Morgan fingerprint density at radius 3 is 2.83 bits per heavy atom. The quantitative estimate of drug-likeness (QED) is 0.744. The molecule has 100 valence electrons. The molecule has 1 fully saturated rings. The predicted molar refractivity (Wildman–Crippen MR) is 66.7 cm³/mol. The van der Waals surface area contributed by atoms with Crippen molar-refractivity contribution in [2.24, 2.45) is 5.41 Å². The Kier molecular flexibility index (Phi) is 3.11. The average Bonchev–Trinajstić information content (AvgIpc) is 2.58. The maximum atomic E-state index is 11.5. The van der Waals surface area contributed by atoms with Crippen LogP contribution in [0.3, 0.4) is 0 Å². The van der Waals surface area contributed by atoms with Crippen LogP contribution in [-0.4, -0.2) is 33.8 Å². The van der Waals surface area contributed by atoms with Crippen molar-refractivity contribution in [2.45, 2.75) is 50.9 Å². The third-order valence-electron chi connectivity index (χ3n) is 3.88. The predicted octanol–water partition coefficient (Wildman–Crippen LogP) is 1.33. The second-order valence-electron chi connectivity index (χ2n) is 5.87. The lowest BCUT2D eigenvalue weighted by molar-refractivity contribution is -0.125. The van der Waals surface area contributed by atoms with Crippen LogP contribution in [0.5, 0.6) is 0 Å². The first kappa shape index (κ1) is 13.3. The van der Waals surface area contributed by atoms with Gasteiger partial charge >= 0.3 is 0 Å². The molecule has 1 saturated heterocycles. The molecule has 0 aromatic carbocycles. The normalized spacial score (nSPS) is 35.8. The second-order valence-corrected chi connectivity index (χ2v) is 5.87. The number of hydrogen-bond acceptors (Lipinski definition) is 4. The lowest BCUT2D eigenvalue weighted by Crippen LogP contribution is -2.37. The van der Waals surface area contributed by atoms with E-state index in [1.165, 1.54) is 6.08 Å². The summed E-state index contributed by atoms with van der Waals surface area (Å²) in [5.41, 5.74) is -1.36. The molecule has 0 unspecified atom stereocenters. The molecule has 1 aliphatic heterocycles. The van der Waals surface area contributed by atoms with Gasteiger partial charge in [-0.25, -0.2) is 0 Å². The highest BCUT2D eigenvalue weighted by Gasteiger charge is 2.52. The first-order valence-corrected chi connectivity index (χ1v) is 6.22. The van der Waals surface area contributed by atoms with Crippen molar-refractivity contribution in [1.29, 1.82) is 0 Å². The second kappa shape index (κ2) is 4.21. The molecule has 0 spiro atoms. The van der Waals surface area contributed by atoms with Gasteiger partial charge in [0.1, 0.15) is 18.0 Å². The zero-order valence-corrected chi connectivity index (χ0v) is 10.8. The zero-order valence-electron chi connectivity index (χ0n) is 10.8. The molecule has 0 bridgehead atoms. The molecule has 2 rings (SSSR count). The highest BCUT2D eigenvalue weighted by Crippen LogP contribution is 2.52. The van der Waals surface area contributed by atoms with Gasteiger partial charge in [-0.1, -0.05) is 6.08 Å². The molecule has 4 nitrogen and oxygen atoms in total. The number of ether oxygens (including phenoxy) is 1. The van der Waals surface area contributed by atoms with Crippen molar-refractivity contribution >= 4 is 5.78 Å². The van der Waals surface area contributed by atoms with Crippen molar-refractivity contribution in [1.82, 2.24) is 0 Å². The SMILES string of the molecule is C=CC[C@]12C[C@@H](O)C(=O)C=C1O[C@@H](C(C)(C)O)C2. The molecule has 2 aliphatic rings. The Bertz CT molecular complexity index is 405. The van der Waals surface area contributed by atoms with Crippen LogP contribution in [-0.2, 0) is 9.53 Å². The monoisotopic (exact) mass is 252 g/mol. The van der Waals surface area contributed by atoms with E-state index in [1.54, 1.807) is 19.9 Å². The summed E-state index contributed by atoms with van der Waals surface area (Å²) < 4.78 is 5.74. The Hall–Kier alpha value is -1.13. The number of aliphatic hydroxyl groups is 2. The molecule has 1 aliphatic carbocycles. The van der Waals surface area contributed by atoms with Gasteiger partial charge in [0.25, 0.3) is 0 Å². The van der Waals surface area contributed by atoms with Crippen LogP contribution in [0.4, 0.5) is 0 Å². The third kappa shape index (κ3) is 2.10. The summed E-state index contributed by atoms with van der Waals surface area (Å²) in [6.45, 7) is 7.11. The number of carbonyl (C=O) groups excluding carboxylic acids is 1. The maximum absolute atomic E-state index is 11.5. The van der Waals surface area contributed by atoms with E-state index in [4.69, 9.17) is 4.74 Å². The summed E-state index contributed by atoms with van der Waals surface area (Å²) in [6.07, 6.45) is 3.39. The van der Waals surface area contributed by atoms with E-state index in [1.807, 2.05) is 0 Å². The number of carbonyl (C=O) groups is 1. The van der Waals surface area contributed by atoms with E-state index in [0.717, 1.165) is 0 Å². The highest BCUT2D eigenvalue weighted by molar-refractivity contribution is 5.95. The van der Waals surface area contributed by atoms with Gasteiger partial charge in [-0.15, -0.1) is 6.58 Å². The van der Waals surface area contributed by atoms with Crippen LogP contribution in [0.15, 0.2) is 24.5 Å². The lowest BCUT2D eigenvalue weighted by atomic mass is 9.70. The van der Waals surface area contributed by atoms with Crippen molar-refractivity contribution in [3.8, 4) is 0 Å².